The zero-order valence-electron chi connectivity index (χ0n) is 15.9. The third-order valence-electron chi connectivity index (χ3n) is 4.53. The van der Waals surface area contributed by atoms with E-state index in [2.05, 4.69) is 5.32 Å². The van der Waals surface area contributed by atoms with Crippen LogP contribution in [0.4, 0.5) is 5.69 Å². The fourth-order valence-corrected chi connectivity index (χ4v) is 3.40. The Labute approximate surface area is 174 Å². The van der Waals surface area contributed by atoms with E-state index in [-0.39, 0.29) is 5.91 Å². The van der Waals surface area contributed by atoms with Gasteiger partial charge in [-0.15, -0.1) is 0 Å². The molecule has 0 aliphatic rings. The highest BCUT2D eigenvalue weighted by atomic mass is 35.5. The molecule has 29 heavy (non-hydrogen) atoms. The number of halogens is 1. The molecule has 4 rings (SSSR count). The number of carbonyl (C=O) groups is 1. The third-order valence-corrected chi connectivity index (χ3v) is 4.86. The lowest BCUT2D eigenvalue weighted by Gasteiger charge is -2.12. The van der Waals surface area contributed by atoms with E-state index in [1.54, 1.807) is 6.07 Å². The van der Waals surface area contributed by atoms with Gasteiger partial charge in [-0.3, -0.25) is 4.79 Å². The van der Waals surface area contributed by atoms with E-state index >= 15 is 0 Å². The molecule has 0 atom stereocenters. The summed E-state index contributed by atoms with van der Waals surface area (Å²) in [7, 11) is 0. The molecule has 1 heterocycles. The molecule has 0 unspecified atom stereocenters. The molecule has 3 aromatic carbocycles. The summed E-state index contributed by atoms with van der Waals surface area (Å²) in [5, 5.41) is 4.33. The van der Waals surface area contributed by atoms with Crippen molar-refractivity contribution >= 4 is 34.1 Å². The third kappa shape index (κ3) is 4.08. The van der Waals surface area contributed by atoms with E-state index in [0.717, 1.165) is 22.2 Å². The highest BCUT2D eigenvalue weighted by Gasteiger charge is 2.15. The van der Waals surface area contributed by atoms with E-state index in [0.29, 0.717) is 28.6 Å². The number of nitrogens with one attached hydrogen (secondary N) is 1. The Balaban J connectivity index is 1.73. The van der Waals surface area contributed by atoms with Crippen LogP contribution in [0, 0.1) is 0 Å². The number of pyridine rings is 1. The fraction of sp³-hybridized carbons (Fsp3) is 0.0833. The van der Waals surface area contributed by atoms with Crippen LogP contribution in [0.3, 0.4) is 0 Å². The number of fused-ring (bicyclic) bond motifs is 1. The van der Waals surface area contributed by atoms with Gasteiger partial charge in [0.2, 0.25) is 0 Å². The smallest absolute Gasteiger partial charge is 0.256 e. The highest BCUT2D eigenvalue weighted by molar-refractivity contribution is 6.33. The number of benzene rings is 3. The van der Waals surface area contributed by atoms with Gasteiger partial charge in [0, 0.05) is 21.7 Å². The van der Waals surface area contributed by atoms with Crippen LogP contribution >= 0.6 is 11.6 Å². The van der Waals surface area contributed by atoms with Crippen molar-refractivity contribution in [1.29, 1.82) is 0 Å². The predicted octanol–water partition coefficient (Wildman–Crippen LogP) is 6.21. The van der Waals surface area contributed by atoms with Gasteiger partial charge in [0.1, 0.15) is 5.75 Å². The molecule has 0 bridgehead atoms. The maximum absolute atomic E-state index is 13.1. The average molecular weight is 403 g/mol. The lowest BCUT2D eigenvalue weighted by Crippen LogP contribution is -2.13. The number of hydrogen-bond acceptors (Lipinski definition) is 3. The van der Waals surface area contributed by atoms with Crippen LogP contribution in [0.5, 0.6) is 5.75 Å². The number of para-hydroxylation sites is 1. The molecule has 0 saturated carbocycles. The summed E-state index contributed by atoms with van der Waals surface area (Å²) in [6, 6.07) is 24.2. The van der Waals surface area contributed by atoms with Crippen molar-refractivity contribution in [2.75, 3.05) is 11.9 Å². The van der Waals surface area contributed by atoms with Crippen LogP contribution in [-0.2, 0) is 0 Å². The number of amides is 1. The van der Waals surface area contributed by atoms with Crippen LogP contribution in [0.2, 0.25) is 5.02 Å². The molecule has 144 valence electrons. The molecule has 0 saturated heterocycles. The van der Waals surface area contributed by atoms with Gasteiger partial charge in [0.05, 0.1) is 23.4 Å². The van der Waals surface area contributed by atoms with Crippen LogP contribution < -0.4 is 10.1 Å². The van der Waals surface area contributed by atoms with Gasteiger partial charge >= 0.3 is 0 Å². The SMILES string of the molecule is CCOc1ccc(NC(=O)c2cc(-c3ccccc3Cl)nc3ccccc23)cc1. The van der Waals surface area contributed by atoms with E-state index in [4.69, 9.17) is 21.3 Å². The molecule has 4 nitrogen and oxygen atoms in total. The largest absolute Gasteiger partial charge is 0.494 e. The van der Waals surface area contributed by atoms with Gasteiger partial charge in [-0.2, -0.15) is 0 Å². The minimum absolute atomic E-state index is 0.207. The topological polar surface area (TPSA) is 51.2 Å². The zero-order valence-corrected chi connectivity index (χ0v) is 16.6. The second-order valence-electron chi connectivity index (χ2n) is 6.46. The van der Waals surface area contributed by atoms with Crippen LogP contribution in [0.15, 0.2) is 78.9 Å². The molecule has 1 N–H and O–H groups in total. The molecule has 0 radical (unpaired) electrons. The van der Waals surface area contributed by atoms with E-state index in [9.17, 15) is 4.79 Å². The summed E-state index contributed by atoms with van der Waals surface area (Å²) in [5.74, 6) is 0.557. The maximum atomic E-state index is 13.1. The molecule has 1 aromatic heterocycles. The number of nitrogens with zero attached hydrogens (tertiary/aromatic N) is 1. The van der Waals surface area contributed by atoms with Crippen LogP contribution in [0.1, 0.15) is 17.3 Å². The molecule has 4 aromatic rings. The summed E-state index contributed by atoms with van der Waals surface area (Å²) < 4.78 is 5.45. The quantitative estimate of drug-likeness (QED) is 0.432. The molecule has 0 fully saturated rings. The second-order valence-corrected chi connectivity index (χ2v) is 6.87. The van der Waals surface area contributed by atoms with Crippen molar-refractivity contribution in [3.05, 3.63) is 89.4 Å². The Morgan fingerprint density at radius 2 is 1.72 bits per heavy atom. The molecule has 0 aliphatic carbocycles. The lowest BCUT2D eigenvalue weighted by molar-refractivity contribution is 0.102. The van der Waals surface area contributed by atoms with Crippen molar-refractivity contribution in [2.24, 2.45) is 0 Å². The molecular formula is C24H19ClN2O2. The van der Waals surface area contributed by atoms with Gasteiger partial charge in [-0.25, -0.2) is 4.98 Å². The number of hydrogen-bond donors (Lipinski definition) is 1. The van der Waals surface area contributed by atoms with Gasteiger partial charge in [0.25, 0.3) is 5.91 Å². The Morgan fingerprint density at radius 3 is 2.48 bits per heavy atom. The Kier molecular flexibility index (Phi) is 5.45. The Morgan fingerprint density at radius 1 is 1.00 bits per heavy atom. The Hall–Kier alpha value is -3.37. The van der Waals surface area contributed by atoms with E-state index in [1.807, 2.05) is 79.7 Å². The maximum Gasteiger partial charge on any atom is 0.256 e. The average Bonchev–Trinajstić information content (AvgIpc) is 2.75. The summed E-state index contributed by atoms with van der Waals surface area (Å²) in [6.07, 6.45) is 0. The molecule has 1 amide bonds. The fourth-order valence-electron chi connectivity index (χ4n) is 3.17. The minimum Gasteiger partial charge on any atom is -0.494 e. The normalized spacial score (nSPS) is 10.7. The van der Waals surface area contributed by atoms with Crippen molar-refractivity contribution in [3.63, 3.8) is 0 Å². The minimum atomic E-state index is -0.207. The zero-order chi connectivity index (χ0) is 20.2. The monoisotopic (exact) mass is 402 g/mol. The molecule has 5 heteroatoms. The summed E-state index contributed by atoms with van der Waals surface area (Å²) in [6.45, 7) is 2.53. The van der Waals surface area contributed by atoms with Crippen LogP contribution in [0.25, 0.3) is 22.2 Å². The van der Waals surface area contributed by atoms with Crippen molar-refractivity contribution < 1.29 is 9.53 Å². The van der Waals surface area contributed by atoms with Crippen molar-refractivity contribution in [2.45, 2.75) is 6.92 Å². The lowest BCUT2D eigenvalue weighted by atomic mass is 10.0. The first-order chi connectivity index (χ1) is 14.2. The molecule has 0 aliphatic heterocycles. The summed E-state index contributed by atoms with van der Waals surface area (Å²) >= 11 is 6.36. The Bertz CT molecular complexity index is 1170. The van der Waals surface area contributed by atoms with E-state index in [1.165, 1.54) is 0 Å². The second kappa shape index (κ2) is 8.33. The van der Waals surface area contributed by atoms with Gasteiger partial charge in [-0.05, 0) is 49.4 Å². The first kappa shape index (κ1) is 19.0. The predicted molar refractivity (Wildman–Crippen MR) is 118 cm³/mol. The summed E-state index contributed by atoms with van der Waals surface area (Å²) in [4.78, 5) is 17.8. The van der Waals surface area contributed by atoms with Crippen LogP contribution in [-0.4, -0.2) is 17.5 Å². The number of carbonyl (C=O) groups excluding carboxylic acids is 1. The number of anilines is 1. The van der Waals surface area contributed by atoms with E-state index < -0.39 is 0 Å². The number of ether oxygens (including phenoxy) is 1. The van der Waals surface area contributed by atoms with Gasteiger partial charge in [-0.1, -0.05) is 48.0 Å². The molecule has 0 spiro atoms. The number of rotatable bonds is 5. The first-order valence-corrected chi connectivity index (χ1v) is 9.72. The first-order valence-electron chi connectivity index (χ1n) is 9.34. The standard InChI is InChI=1S/C24H19ClN2O2/c1-2-29-17-13-11-16(12-14-17)26-24(28)20-15-23(19-8-3-5-9-21(19)25)27-22-10-6-4-7-18(20)22/h3-15H,2H2,1H3,(H,26,28). The highest BCUT2D eigenvalue weighted by Crippen LogP contribution is 2.30. The molecular weight excluding hydrogens is 384 g/mol. The number of aromatic nitrogens is 1. The van der Waals surface area contributed by atoms with Crippen molar-refractivity contribution in [1.82, 2.24) is 4.98 Å². The van der Waals surface area contributed by atoms with Gasteiger partial charge in [0.15, 0.2) is 0 Å². The van der Waals surface area contributed by atoms with Crippen molar-refractivity contribution in [3.8, 4) is 17.0 Å². The summed E-state index contributed by atoms with van der Waals surface area (Å²) in [5.41, 5.74) is 3.42. The van der Waals surface area contributed by atoms with Gasteiger partial charge < -0.3 is 10.1 Å².